The van der Waals surface area contributed by atoms with Crippen molar-refractivity contribution < 1.29 is 23.9 Å². The summed E-state index contributed by atoms with van der Waals surface area (Å²) in [7, 11) is 0. The highest BCUT2D eigenvalue weighted by Gasteiger charge is 2.50. The molecule has 2 aliphatic heterocycles. The highest BCUT2D eigenvalue weighted by molar-refractivity contribution is 6.22. The summed E-state index contributed by atoms with van der Waals surface area (Å²) >= 11 is 0. The molecule has 0 radical (unpaired) electrons. The van der Waals surface area contributed by atoms with Gasteiger partial charge in [0.05, 0.1) is 23.4 Å². The summed E-state index contributed by atoms with van der Waals surface area (Å²) in [4.78, 5) is 54.7. The molecule has 2 saturated heterocycles. The Kier molecular flexibility index (Phi) is 6.02. The number of aryl methyl sites for hydroxylation is 3. The van der Waals surface area contributed by atoms with Gasteiger partial charge in [-0.2, -0.15) is 0 Å². The first kappa shape index (κ1) is 24.0. The molecule has 0 aromatic heterocycles. The van der Waals surface area contributed by atoms with Gasteiger partial charge < -0.3 is 9.64 Å². The molecule has 0 unspecified atom stereocenters. The van der Waals surface area contributed by atoms with Crippen LogP contribution in [-0.4, -0.2) is 30.2 Å². The molecule has 36 heavy (non-hydrogen) atoms. The molecule has 2 heterocycles. The first-order valence-electron chi connectivity index (χ1n) is 12.4. The minimum Gasteiger partial charge on any atom is -0.426 e. The molecule has 7 heteroatoms. The van der Waals surface area contributed by atoms with Crippen LogP contribution in [0.25, 0.3) is 0 Å². The Labute approximate surface area is 210 Å². The summed E-state index contributed by atoms with van der Waals surface area (Å²) in [6.07, 6.45) is 4.64. The Morgan fingerprint density at radius 1 is 0.944 bits per heavy atom. The second-order valence-corrected chi connectivity index (χ2v) is 10.2. The number of benzene rings is 2. The number of imide groups is 1. The zero-order valence-corrected chi connectivity index (χ0v) is 21.0. The maximum Gasteiger partial charge on any atom is 0.316 e. The third kappa shape index (κ3) is 4.02. The van der Waals surface area contributed by atoms with E-state index in [9.17, 15) is 19.2 Å². The lowest BCUT2D eigenvalue weighted by Gasteiger charge is -2.22. The molecular formula is C29H30N2O5. The lowest BCUT2D eigenvalue weighted by atomic mass is 9.78. The average molecular weight is 487 g/mol. The molecule has 0 saturated carbocycles. The van der Waals surface area contributed by atoms with E-state index in [1.54, 1.807) is 30.0 Å². The van der Waals surface area contributed by atoms with Crippen molar-refractivity contribution in [3.63, 3.8) is 0 Å². The maximum atomic E-state index is 13.1. The standard InChI is InChI=1S/C29H30N2O5/c1-16-8-10-23(18(3)12-16)30-15-20(14-25(30)32)29(35)36-21-9-11-24(19(4)13-21)31-27(33)22-7-5-6-17(2)26(22)28(31)34/h5-6,8-13,17,20,22,26H,7,14-15H2,1-4H3/t17-,20-,22-,26+/m1/s1. The molecule has 186 valence electrons. The van der Waals surface area contributed by atoms with E-state index in [1.807, 2.05) is 51.1 Å². The summed E-state index contributed by atoms with van der Waals surface area (Å²) in [5.41, 5.74) is 4.09. The van der Waals surface area contributed by atoms with E-state index in [4.69, 9.17) is 4.74 Å². The molecule has 4 atom stereocenters. The van der Waals surface area contributed by atoms with E-state index in [1.165, 1.54) is 4.90 Å². The number of carbonyl (C=O) groups is 4. The first-order valence-corrected chi connectivity index (χ1v) is 12.4. The van der Waals surface area contributed by atoms with Gasteiger partial charge in [0.1, 0.15) is 5.75 Å². The van der Waals surface area contributed by atoms with Gasteiger partial charge in [0.2, 0.25) is 17.7 Å². The number of esters is 1. The predicted octanol–water partition coefficient (Wildman–Crippen LogP) is 4.27. The number of hydrogen-bond acceptors (Lipinski definition) is 5. The van der Waals surface area contributed by atoms with E-state index in [2.05, 4.69) is 0 Å². The quantitative estimate of drug-likeness (QED) is 0.279. The SMILES string of the molecule is Cc1ccc(N2C[C@H](C(=O)Oc3ccc(N4C(=O)[C@H]5[C@H](C)C=CC[C@H]5C4=O)c(C)c3)CC2=O)c(C)c1. The number of ether oxygens (including phenoxy) is 1. The van der Waals surface area contributed by atoms with Crippen LogP contribution in [0.4, 0.5) is 11.4 Å². The molecular weight excluding hydrogens is 456 g/mol. The highest BCUT2D eigenvalue weighted by Crippen LogP contribution is 2.41. The Hall–Kier alpha value is -3.74. The minimum absolute atomic E-state index is 0.0168. The van der Waals surface area contributed by atoms with Crippen molar-refractivity contribution in [3.8, 4) is 5.75 Å². The van der Waals surface area contributed by atoms with Crippen molar-refractivity contribution in [1.29, 1.82) is 0 Å². The van der Waals surface area contributed by atoms with E-state index in [-0.39, 0.29) is 48.4 Å². The predicted molar refractivity (Wildman–Crippen MR) is 136 cm³/mol. The second kappa shape index (κ2) is 9.04. The number of anilines is 2. The van der Waals surface area contributed by atoms with Crippen LogP contribution in [0.3, 0.4) is 0 Å². The topological polar surface area (TPSA) is 84.0 Å². The lowest BCUT2D eigenvalue weighted by molar-refractivity contribution is -0.139. The highest BCUT2D eigenvalue weighted by atomic mass is 16.5. The molecule has 3 amide bonds. The van der Waals surface area contributed by atoms with Gasteiger partial charge in [-0.3, -0.25) is 19.2 Å². The van der Waals surface area contributed by atoms with Gasteiger partial charge in [0.25, 0.3) is 0 Å². The molecule has 3 aliphatic rings. The maximum absolute atomic E-state index is 13.1. The fourth-order valence-corrected chi connectivity index (χ4v) is 5.73. The number of rotatable bonds is 4. The third-order valence-corrected chi connectivity index (χ3v) is 7.60. The number of hydrogen-bond donors (Lipinski definition) is 0. The minimum atomic E-state index is -0.572. The molecule has 1 aliphatic carbocycles. The zero-order valence-electron chi connectivity index (χ0n) is 21.0. The molecule has 2 aromatic carbocycles. The van der Waals surface area contributed by atoms with Crippen LogP contribution in [0.2, 0.25) is 0 Å². The van der Waals surface area contributed by atoms with Crippen LogP contribution in [0, 0.1) is 44.4 Å². The Bertz CT molecular complexity index is 1310. The normalized spacial score (nSPS) is 25.5. The van der Waals surface area contributed by atoms with Crippen LogP contribution in [0.15, 0.2) is 48.6 Å². The van der Waals surface area contributed by atoms with E-state index < -0.39 is 11.9 Å². The average Bonchev–Trinajstić information content (AvgIpc) is 3.32. The van der Waals surface area contributed by atoms with Crippen LogP contribution < -0.4 is 14.5 Å². The fourth-order valence-electron chi connectivity index (χ4n) is 5.73. The van der Waals surface area contributed by atoms with Gasteiger partial charge in [-0.15, -0.1) is 0 Å². The van der Waals surface area contributed by atoms with E-state index >= 15 is 0 Å². The third-order valence-electron chi connectivity index (χ3n) is 7.60. The summed E-state index contributed by atoms with van der Waals surface area (Å²) < 4.78 is 5.63. The number of nitrogens with zero attached hydrogens (tertiary/aromatic N) is 2. The Balaban J connectivity index is 1.29. The second-order valence-electron chi connectivity index (χ2n) is 10.2. The van der Waals surface area contributed by atoms with Gasteiger partial charge in [-0.1, -0.05) is 36.8 Å². The monoisotopic (exact) mass is 486 g/mol. The van der Waals surface area contributed by atoms with Crippen LogP contribution in [0.1, 0.15) is 36.5 Å². The number of carbonyl (C=O) groups excluding carboxylic acids is 4. The Morgan fingerprint density at radius 2 is 1.67 bits per heavy atom. The molecule has 2 fully saturated rings. The van der Waals surface area contributed by atoms with Crippen molar-refractivity contribution >= 4 is 35.1 Å². The molecule has 7 nitrogen and oxygen atoms in total. The number of fused-ring (bicyclic) bond motifs is 1. The molecule has 5 rings (SSSR count). The van der Waals surface area contributed by atoms with Crippen molar-refractivity contribution in [2.24, 2.45) is 23.7 Å². The van der Waals surface area contributed by atoms with Crippen molar-refractivity contribution in [2.75, 3.05) is 16.3 Å². The van der Waals surface area contributed by atoms with Crippen LogP contribution in [-0.2, 0) is 19.2 Å². The first-order chi connectivity index (χ1) is 17.2. The lowest BCUT2D eigenvalue weighted by Crippen LogP contribution is -2.32. The number of amides is 3. The Morgan fingerprint density at radius 3 is 2.36 bits per heavy atom. The van der Waals surface area contributed by atoms with Crippen LogP contribution >= 0.6 is 0 Å². The van der Waals surface area contributed by atoms with E-state index in [0.29, 0.717) is 23.4 Å². The summed E-state index contributed by atoms with van der Waals surface area (Å²) in [5.74, 6) is -1.82. The molecule has 2 aromatic rings. The summed E-state index contributed by atoms with van der Waals surface area (Å²) in [6.45, 7) is 7.97. The van der Waals surface area contributed by atoms with Gasteiger partial charge >= 0.3 is 5.97 Å². The fraction of sp³-hybridized carbons (Fsp3) is 0.379. The largest absolute Gasteiger partial charge is 0.426 e. The van der Waals surface area contributed by atoms with Crippen LogP contribution in [0.5, 0.6) is 5.75 Å². The summed E-state index contributed by atoms with van der Waals surface area (Å²) in [6, 6.07) is 10.8. The molecule has 0 spiro atoms. The zero-order chi connectivity index (χ0) is 25.7. The van der Waals surface area contributed by atoms with Crippen molar-refractivity contribution in [3.05, 3.63) is 65.2 Å². The molecule has 0 bridgehead atoms. The van der Waals surface area contributed by atoms with Gasteiger partial charge in [0.15, 0.2) is 0 Å². The molecule has 0 N–H and O–H groups in total. The number of allylic oxidation sites excluding steroid dienone is 2. The van der Waals surface area contributed by atoms with E-state index in [0.717, 1.165) is 16.8 Å². The van der Waals surface area contributed by atoms with Gasteiger partial charge in [0, 0.05) is 18.7 Å². The van der Waals surface area contributed by atoms with Gasteiger partial charge in [-0.05, 0) is 68.5 Å². The van der Waals surface area contributed by atoms with Crippen molar-refractivity contribution in [2.45, 2.75) is 40.5 Å². The van der Waals surface area contributed by atoms with Gasteiger partial charge in [-0.25, -0.2) is 4.90 Å². The smallest absolute Gasteiger partial charge is 0.316 e. The summed E-state index contributed by atoms with van der Waals surface area (Å²) in [5, 5.41) is 0. The van der Waals surface area contributed by atoms with Crippen molar-refractivity contribution in [1.82, 2.24) is 0 Å².